The number of carboxylic acids is 1. The number of nitrogens with zero attached hydrogens (tertiary/aromatic N) is 2. The second-order valence-electron chi connectivity index (χ2n) is 11.9. The molecule has 0 spiro atoms. The lowest BCUT2D eigenvalue weighted by Gasteiger charge is -2.31. The summed E-state index contributed by atoms with van der Waals surface area (Å²) >= 11 is 1.45. The molecule has 9 nitrogen and oxygen atoms in total. The second kappa shape index (κ2) is 13.7. The molecule has 1 saturated heterocycles. The van der Waals surface area contributed by atoms with Crippen LogP contribution in [0.2, 0.25) is 0 Å². The molecule has 1 unspecified atom stereocenters. The number of carboxylic acid groups (broad SMARTS) is 1. The molecule has 2 aliphatic rings. The average molecular weight is 648 g/mol. The zero-order valence-electron chi connectivity index (χ0n) is 24.9. The minimum atomic E-state index is -3.53. The topological polar surface area (TPSA) is 126 Å². The second-order valence-corrected chi connectivity index (χ2v) is 14.6. The van der Waals surface area contributed by atoms with E-state index in [9.17, 15) is 23.1 Å². The van der Waals surface area contributed by atoms with Gasteiger partial charge in [-0.15, -0.1) is 0 Å². The summed E-state index contributed by atoms with van der Waals surface area (Å²) in [6.45, 7) is 0.771. The predicted molar refractivity (Wildman–Crippen MR) is 173 cm³/mol. The molecule has 236 valence electrons. The Morgan fingerprint density at radius 3 is 2.47 bits per heavy atom. The van der Waals surface area contributed by atoms with Crippen LogP contribution < -0.4 is 10.1 Å². The van der Waals surface area contributed by atoms with E-state index in [1.165, 1.54) is 28.5 Å². The lowest BCUT2D eigenvalue weighted by atomic mass is 9.97. The van der Waals surface area contributed by atoms with Crippen LogP contribution in [0.25, 0.3) is 10.8 Å². The Bertz CT molecular complexity index is 1750. The van der Waals surface area contributed by atoms with E-state index in [-0.39, 0.29) is 18.2 Å². The number of sulfonamides is 1. The maximum atomic E-state index is 13.4. The number of aliphatic carboxylic acids is 1. The average Bonchev–Trinajstić information content (AvgIpc) is 3.77. The summed E-state index contributed by atoms with van der Waals surface area (Å²) in [5.41, 5.74) is 1.86. The Labute approximate surface area is 267 Å². The van der Waals surface area contributed by atoms with Gasteiger partial charge in [0.15, 0.2) is 0 Å². The third-order valence-corrected chi connectivity index (χ3v) is 11.4. The molecule has 2 N–H and O–H groups in total. The molecule has 0 bridgehead atoms. The van der Waals surface area contributed by atoms with E-state index in [1.807, 2.05) is 35.0 Å². The van der Waals surface area contributed by atoms with Gasteiger partial charge in [0.1, 0.15) is 17.5 Å². The Kier molecular flexibility index (Phi) is 9.48. The molecule has 2 aromatic heterocycles. The minimum absolute atomic E-state index is 0.121. The van der Waals surface area contributed by atoms with Crippen LogP contribution in [0.15, 0.2) is 76.3 Å². The molecular formula is C34H37N3O6S2. The molecule has 1 aliphatic heterocycles. The van der Waals surface area contributed by atoms with E-state index in [1.54, 1.807) is 36.4 Å². The first-order valence-electron chi connectivity index (χ1n) is 15.5. The zero-order chi connectivity index (χ0) is 31.4. The van der Waals surface area contributed by atoms with Crippen LogP contribution >= 0.6 is 11.3 Å². The van der Waals surface area contributed by atoms with E-state index in [4.69, 9.17) is 9.72 Å². The number of benzene rings is 2. The van der Waals surface area contributed by atoms with Gasteiger partial charge in [-0.2, -0.15) is 15.6 Å². The highest BCUT2D eigenvalue weighted by molar-refractivity contribution is 7.89. The molecule has 2 fully saturated rings. The van der Waals surface area contributed by atoms with Crippen molar-refractivity contribution < 1.29 is 27.9 Å². The van der Waals surface area contributed by atoms with E-state index in [0.29, 0.717) is 42.5 Å². The van der Waals surface area contributed by atoms with Gasteiger partial charge < -0.3 is 15.2 Å². The summed E-state index contributed by atoms with van der Waals surface area (Å²) in [5.74, 6) is -0.210. The predicted octanol–water partition coefficient (Wildman–Crippen LogP) is 6.21. The number of hydrogen-bond acceptors (Lipinski definition) is 7. The summed E-state index contributed by atoms with van der Waals surface area (Å²) in [4.78, 5) is 30.1. The van der Waals surface area contributed by atoms with Crippen LogP contribution in [0.5, 0.6) is 5.75 Å². The van der Waals surface area contributed by atoms with Crippen molar-refractivity contribution in [2.24, 2.45) is 5.92 Å². The van der Waals surface area contributed by atoms with Crippen LogP contribution in [-0.2, 0) is 21.2 Å². The van der Waals surface area contributed by atoms with Crippen molar-refractivity contribution in [2.45, 2.75) is 68.4 Å². The Balaban J connectivity index is 1.20. The quantitative estimate of drug-likeness (QED) is 0.198. The van der Waals surface area contributed by atoms with Crippen molar-refractivity contribution in [1.29, 1.82) is 0 Å². The first kappa shape index (κ1) is 31.2. The Morgan fingerprint density at radius 2 is 1.78 bits per heavy atom. The number of pyridine rings is 1. The van der Waals surface area contributed by atoms with Gasteiger partial charge in [0, 0.05) is 24.2 Å². The van der Waals surface area contributed by atoms with Crippen LogP contribution in [-0.4, -0.2) is 53.9 Å². The molecule has 4 aromatic rings. The fraction of sp³-hybridized carbons (Fsp3) is 0.382. The highest BCUT2D eigenvalue weighted by atomic mass is 32.2. The Hall–Kier alpha value is -3.80. The highest BCUT2D eigenvalue weighted by Gasteiger charge is 2.30. The molecular weight excluding hydrogens is 611 g/mol. The smallest absolute Gasteiger partial charge is 0.305 e. The van der Waals surface area contributed by atoms with Crippen LogP contribution in [0.3, 0.4) is 0 Å². The number of ether oxygens (including phenoxy) is 1. The van der Waals surface area contributed by atoms with Gasteiger partial charge in [-0.1, -0.05) is 49.9 Å². The summed E-state index contributed by atoms with van der Waals surface area (Å²) in [6.07, 6.45) is 6.20. The molecule has 6 rings (SSSR count). The summed E-state index contributed by atoms with van der Waals surface area (Å²) in [7, 11) is -3.53. The number of rotatable bonds is 11. The van der Waals surface area contributed by atoms with Crippen LogP contribution in [0, 0.1) is 5.92 Å². The van der Waals surface area contributed by atoms with Crippen molar-refractivity contribution in [2.75, 3.05) is 13.1 Å². The molecule has 1 saturated carbocycles. The summed E-state index contributed by atoms with van der Waals surface area (Å²) in [6, 6.07) is 17.2. The fourth-order valence-electron chi connectivity index (χ4n) is 6.39. The molecule has 1 aliphatic carbocycles. The number of fused-ring (bicyclic) bond motifs is 1. The van der Waals surface area contributed by atoms with Crippen molar-refractivity contribution >= 4 is 44.0 Å². The van der Waals surface area contributed by atoms with Gasteiger partial charge in [0.25, 0.3) is 5.91 Å². The molecule has 0 radical (unpaired) electrons. The fourth-order valence-corrected chi connectivity index (χ4v) is 8.59. The molecule has 11 heteroatoms. The number of nitrogens with one attached hydrogen (secondary N) is 1. The molecule has 3 heterocycles. The number of aromatic nitrogens is 1. The van der Waals surface area contributed by atoms with Crippen LogP contribution in [0.4, 0.5) is 0 Å². The standard InChI is InChI=1S/C34H37N3O6S2/c38-33(39)21-30(25-14-17-44-22-25)36-34(40)32-19-24-10-11-27(20-29(24)31(35-32)18-23-6-4-5-7-23)43-26-12-15-37(16-13-26)45(41,42)28-8-2-1-3-9-28/h1-3,8-11,14,17,19-20,22-23,26,30H,4-7,12-13,15-16,18,21H2,(H,36,40)(H,38,39). The zero-order valence-corrected chi connectivity index (χ0v) is 26.6. The largest absolute Gasteiger partial charge is 0.490 e. The van der Waals surface area contributed by atoms with Crippen molar-refractivity contribution in [3.63, 3.8) is 0 Å². The Morgan fingerprint density at radius 1 is 1.02 bits per heavy atom. The number of piperidine rings is 1. The normalized spacial score (nSPS) is 17.3. The van der Waals surface area contributed by atoms with Gasteiger partial charge in [-0.05, 0) is 83.3 Å². The monoisotopic (exact) mass is 647 g/mol. The SMILES string of the molecule is O=C(O)CC(NC(=O)c1cc2ccc(OC3CCN(S(=O)(=O)c4ccccc4)CC3)cc2c(CC2CCCC2)n1)c1ccsc1. The van der Waals surface area contributed by atoms with Crippen molar-refractivity contribution in [3.8, 4) is 5.75 Å². The maximum absolute atomic E-state index is 13.4. The molecule has 1 atom stereocenters. The van der Waals surface area contributed by atoms with Gasteiger partial charge >= 0.3 is 5.97 Å². The van der Waals surface area contributed by atoms with E-state index < -0.39 is 27.9 Å². The lowest BCUT2D eigenvalue weighted by molar-refractivity contribution is -0.137. The summed E-state index contributed by atoms with van der Waals surface area (Å²) < 4.78 is 34.0. The minimum Gasteiger partial charge on any atom is -0.490 e. The van der Waals surface area contributed by atoms with Gasteiger partial charge in [-0.3, -0.25) is 9.59 Å². The first-order chi connectivity index (χ1) is 21.8. The van der Waals surface area contributed by atoms with E-state index in [0.717, 1.165) is 41.3 Å². The molecule has 45 heavy (non-hydrogen) atoms. The van der Waals surface area contributed by atoms with Gasteiger partial charge in [0.2, 0.25) is 10.0 Å². The van der Waals surface area contributed by atoms with E-state index >= 15 is 0 Å². The number of thiophene rings is 1. The van der Waals surface area contributed by atoms with Crippen molar-refractivity contribution in [3.05, 3.63) is 88.4 Å². The molecule has 1 amide bonds. The number of carbonyl (C=O) groups is 2. The first-order valence-corrected chi connectivity index (χ1v) is 17.8. The lowest BCUT2D eigenvalue weighted by Crippen LogP contribution is -2.41. The number of carbonyl (C=O) groups excluding carboxylic acids is 1. The van der Waals surface area contributed by atoms with E-state index in [2.05, 4.69) is 5.32 Å². The number of amides is 1. The number of hydrogen-bond donors (Lipinski definition) is 2. The van der Waals surface area contributed by atoms with Crippen LogP contribution in [0.1, 0.15) is 72.7 Å². The van der Waals surface area contributed by atoms with Gasteiger partial charge in [-0.25, -0.2) is 13.4 Å². The highest BCUT2D eigenvalue weighted by Crippen LogP contribution is 2.33. The molecule has 2 aromatic carbocycles. The third kappa shape index (κ3) is 7.37. The maximum Gasteiger partial charge on any atom is 0.305 e. The van der Waals surface area contributed by atoms with Crippen molar-refractivity contribution in [1.82, 2.24) is 14.6 Å². The van der Waals surface area contributed by atoms with Gasteiger partial charge in [0.05, 0.1) is 17.4 Å². The summed E-state index contributed by atoms with van der Waals surface area (Å²) in [5, 5.41) is 17.8. The third-order valence-electron chi connectivity index (χ3n) is 8.79.